The van der Waals surface area contributed by atoms with Gasteiger partial charge < -0.3 is 14.7 Å². The van der Waals surface area contributed by atoms with Gasteiger partial charge in [0.25, 0.3) is 0 Å². The maximum Gasteiger partial charge on any atom is 0.707 e. The summed E-state index contributed by atoms with van der Waals surface area (Å²) in [4.78, 5) is 0. The third-order valence-corrected chi connectivity index (χ3v) is 4.43. The van der Waals surface area contributed by atoms with Crippen LogP contribution in [0.3, 0.4) is 0 Å². The monoisotopic (exact) mass is 196 g/mol. The lowest BCUT2D eigenvalue weighted by atomic mass is 9.69. The van der Waals surface area contributed by atoms with Crippen molar-refractivity contribution in [3.8, 4) is 0 Å². The molecule has 0 aromatic rings. The second kappa shape index (κ2) is 2.77. The maximum absolute atomic E-state index is 8.82. The third-order valence-electron chi connectivity index (χ3n) is 4.43. The highest BCUT2D eigenvalue weighted by Gasteiger charge is 2.58. The zero-order valence-electron chi connectivity index (χ0n) is 8.95. The Morgan fingerprint density at radius 3 is 2.43 bits per heavy atom. The summed E-state index contributed by atoms with van der Waals surface area (Å²) in [6.45, 7) is 6.59. The van der Waals surface area contributed by atoms with E-state index in [1.807, 2.05) is 0 Å². The van der Waals surface area contributed by atoms with Gasteiger partial charge in [0.15, 0.2) is 0 Å². The van der Waals surface area contributed by atoms with Crippen LogP contribution in [0.15, 0.2) is 11.8 Å². The van der Waals surface area contributed by atoms with E-state index in [1.165, 1.54) is 6.42 Å². The largest absolute Gasteiger partial charge is 0.707 e. The molecule has 0 aromatic heterocycles. The lowest BCUT2D eigenvalue weighted by molar-refractivity contribution is 0.108. The van der Waals surface area contributed by atoms with E-state index in [0.29, 0.717) is 5.92 Å². The van der Waals surface area contributed by atoms with Crippen molar-refractivity contribution in [1.82, 2.24) is 0 Å². The minimum atomic E-state index is -1.69. The molecule has 2 N–H and O–H groups in total. The molecule has 1 saturated carbocycles. The minimum Gasteiger partial charge on any atom is -0.515 e. The molecule has 2 atom stereocenters. The molecule has 0 aliphatic heterocycles. The predicted octanol–water partition coefficient (Wildman–Crippen LogP) is 1.31. The van der Waals surface area contributed by atoms with Crippen molar-refractivity contribution in [2.75, 3.05) is 0 Å². The van der Waals surface area contributed by atoms with Gasteiger partial charge in [-0.25, -0.2) is 0 Å². The first kappa shape index (κ1) is 10.1. The maximum atomic E-state index is 8.82. The first-order valence-corrected chi connectivity index (χ1v) is 5.13. The zero-order chi connectivity index (χ0) is 10.6. The molecule has 2 bridgehead atoms. The molecule has 78 valence electrons. The molecule has 3 nitrogen and oxygen atoms in total. The van der Waals surface area contributed by atoms with Gasteiger partial charge in [0.05, 0.1) is 5.76 Å². The van der Waals surface area contributed by atoms with Crippen LogP contribution in [0.1, 0.15) is 33.6 Å². The lowest BCUT2D eigenvalue weighted by Crippen LogP contribution is -2.33. The molecular formula is C10H17BO3. The Morgan fingerprint density at radius 2 is 2.07 bits per heavy atom. The van der Waals surface area contributed by atoms with Gasteiger partial charge >= 0.3 is 7.32 Å². The van der Waals surface area contributed by atoms with E-state index in [4.69, 9.17) is 14.7 Å². The van der Waals surface area contributed by atoms with E-state index >= 15 is 0 Å². The van der Waals surface area contributed by atoms with Crippen LogP contribution < -0.4 is 0 Å². The highest BCUT2D eigenvalue weighted by Crippen LogP contribution is 2.65. The van der Waals surface area contributed by atoms with Crippen molar-refractivity contribution in [3.05, 3.63) is 11.8 Å². The average Bonchev–Trinajstić information content (AvgIpc) is 2.35. The van der Waals surface area contributed by atoms with Crippen LogP contribution >= 0.6 is 0 Å². The van der Waals surface area contributed by atoms with Crippen LogP contribution in [-0.2, 0) is 4.65 Å². The Kier molecular flexibility index (Phi) is 1.99. The Bertz CT molecular complexity index is 285. The van der Waals surface area contributed by atoms with Crippen LogP contribution in [0.25, 0.3) is 0 Å². The van der Waals surface area contributed by atoms with E-state index < -0.39 is 7.32 Å². The molecule has 2 aliphatic rings. The molecule has 0 radical (unpaired) electrons. The van der Waals surface area contributed by atoms with Gasteiger partial charge in [-0.15, -0.1) is 0 Å². The highest BCUT2D eigenvalue weighted by molar-refractivity contribution is 6.33. The van der Waals surface area contributed by atoms with Gasteiger partial charge in [0.2, 0.25) is 0 Å². The van der Waals surface area contributed by atoms with Crippen LogP contribution in [0.4, 0.5) is 0 Å². The van der Waals surface area contributed by atoms with Crippen LogP contribution in [0, 0.1) is 16.7 Å². The molecule has 1 fully saturated rings. The number of allylic oxidation sites excluding steroid dienone is 2. The Morgan fingerprint density at radius 1 is 1.43 bits per heavy atom. The van der Waals surface area contributed by atoms with E-state index in [9.17, 15) is 0 Å². The number of hydrogen-bond donors (Lipinski definition) is 2. The molecule has 0 saturated heterocycles. The molecule has 0 spiro atoms. The summed E-state index contributed by atoms with van der Waals surface area (Å²) in [6, 6.07) is 0. The van der Waals surface area contributed by atoms with E-state index in [2.05, 4.69) is 26.8 Å². The predicted molar refractivity (Wildman–Crippen MR) is 54.0 cm³/mol. The third kappa shape index (κ3) is 1.07. The van der Waals surface area contributed by atoms with Gasteiger partial charge in [-0.3, -0.25) is 0 Å². The van der Waals surface area contributed by atoms with Crippen LogP contribution in [0.5, 0.6) is 0 Å². The zero-order valence-corrected chi connectivity index (χ0v) is 8.95. The fraction of sp³-hybridized carbons (Fsp3) is 0.800. The van der Waals surface area contributed by atoms with E-state index in [-0.39, 0.29) is 10.8 Å². The Balaban J connectivity index is 2.27. The fourth-order valence-electron chi connectivity index (χ4n) is 2.92. The van der Waals surface area contributed by atoms with Gasteiger partial charge in [-0.05, 0) is 30.3 Å². The summed E-state index contributed by atoms with van der Waals surface area (Å²) in [6.07, 6.45) is 4.31. The summed E-state index contributed by atoms with van der Waals surface area (Å²) in [5.41, 5.74) is 0.151. The standard InChI is InChI=1S/C10H17BO3/c1-9(2)7-4-5-10(9,3)8(6-7)14-11(12)13/h6-7,12-13H,4-5H2,1-3H3/t7?,10-/m1/s1. The fourth-order valence-corrected chi connectivity index (χ4v) is 2.92. The molecule has 2 rings (SSSR count). The van der Waals surface area contributed by atoms with Crippen molar-refractivity contribution >= 4 is 7.32 Å². The van der Waals surface area contributed by atoms with Gasteiger partial charge in [-0.2, -0.15) is 0 Å². The minimum absolute atomic E-state index is 0.0264. The molecule has 2 aliphatic carbocycles. The summed E-state index contributed by atoms with van der Waals surface area (Å²) in [5, 5.41) is 17.6. The quantitative estimate of drug-likeness (QED) is 0.654. The van der Waals surface area contributed by atoms with Crippen molar-refractivity contribution in [3.63, 3.8) is 0 Å². The first-order chi connectivity index (χ1) is 6.38. The van der Waals surface area contributed by atoms with E-state index in [1.54, 1.807) is 0 Å². The molecular weight excluding hydrogens is 179 g/mol. The average molecular weight is 196 g/mol. The SMILES string of the molecule is CC1(C)C2C=C(OB(O)O)[C@@]1(C)CC2. The summed E-state index contributed by atoms with van der Waals surface area (Å²) >= 11 is 0. The molecule has 14 heavy (non-hydrogen) atoms. The molecule has 0 aromatic carbocycles. The van der Waals surface area contributed by atoms with Crippen molar-refractivity contribution in [1.29, 1.82) is 0 Å². The molecule has 0 amide bonds. The first-order valence-electron chi connectivity index (χ1n) is 5.13. The van der Waals surface area contributed by atoms with Crippen molar-refractivity contribution < 1.29 is 14.7 Å². The van der Waals surface area contributed by atoms with Gasteiger partial charge in [0.1, 0.15) is 0 Å². The van der Waals surface area contributed by atoms with Gasteiger partial charge in [-0.1, -0.05) is 20.8 Å². The number of hydrogen-bond acceptors (Lipinski definition) is 3. The smallest absolute Gasteiger partial charge is 0.515 e. The summed E-state index contributed by atoms with van der Waals surface area (Å²) < 4.78 is 5.06. The van der Waals surface area contributed by atoms with Crippen molar-refractivity contribution in [2.45, 2.75) is 33.6 Å². The van der Waals surface area contributed by atoms with Crippen molar-refractivity contribution in [2.24, 2.45) is 16.7 Å². The second-order valence-electron chi connectivity index (χ2n) is 5.17. The number of rotatable bonds is 2. The lowest BCUT2D eigenvalue weighted by Gasteiger charge is -2.36. The van der Waals surface area contributed by atoms with Gasteiger partial charge in [0, 0.05) is 5.41 Å². The van der Waals surface area contributed by atoms with E-state index in [0.717, 1.165) is 12.2 Å². The topological polar surface area (TPSA) is 49.7 Å². The summed E-state index contributed by atoms with van der Waals surface area (Å²) in [7, 11) is -1.69. The Hall–Kier alpha value is -0.475. The molecule has 1 unspecified atom stereocenters. The normalized spacial score (nSPS) is 38.4. The number of fused-ring (bicyclic) bond motifs is 2. The molecule has 4 heteroatoms. The highest BCUT2D eigenvalue weighted by atomic mass is 16.6. The van der Waals surface area contributed by atoms with Crippen LogP contribution in [-0.4, -0.2) is 17.4 Å². The second-order valence-corrected chi connectivity index (χ2v) is 5.17. The molecule has 0 heterocycles. The Labute approximate surface area is 85.0 Å². The summed E-state index contributed by atoms with van der Waals surface area (Å²) in [5.74, 6) is 1.27. The van der Waals surface area contributed by atoms with Crippen LogP contribution in [0.2, 0.25) is 0 Å².